The standard InChI is InChI=1S/C26H21F4N3O4S/c1-14(26(28,29)30)31-13-33(32-10-9-20(35)24(37-15(2)34)23(32)25(31)36)22-18-6-4-3-5-16(18)12-38-21-11-17(27)7-8-19(21)22/h3-11,14,22H,12-13H2,1-2H3/t14-,22+/m0/s1. The van der Waals surface area contributed by atoms with Crippen molar-refractivity contribution >= 4 is 23.6 Å². The lowest BCUT2D eigenvalue weighted by Gasteiger charge is -2.46. The van der Waals surface area contributed by atoms with Gasteiger partial charge in [0.1, 0.15) is 18.5 Å². The van der Waals surface area contributed by atoms with Gasteiger partial charge in [-0.3, -0.25) is 24.1 Å². The summed E-state index contributed by atoms with van der Waals surface area (Å²) in [7, 11) is 0. The van der Waals surface area contributed by atoms with E-state index in [-0.39, 0.29) is 0 Å². The molecule has 2 atom stereocenters. The Bertz CT molecular complexity index is 1510. The molecule has 0 radical (unpaired) electrons. The second-order valence-electron chi connectivity index (χ2n) is 8.94. The minimum absolute atomic E-state index is 0.469. The summed E-state index contributed by atoms with van der Waals surface area (Å²) in [5.74, 6) is -2.68. The number of halogens is 4. The number of alkyl halides is 3. The van der Waals surface area contributed by atoms with E-state index in [2.05, 4.69) is 0 Å². The molecule has 0 N–H and O–H groups in total. The smallest absolute Gasteiger partial charge is 0.408 e. The van der Waals surface area contributed by atoms with Crippen molar-refractivity contribution < 1.29 is 31.9 Å². The van der Waals surface area contributed by atoms with Crippen LogP contribution in [0, 0.1) is 5.82 Å². The molecule has 3 heterocycles. The number of carbonyl (C=O) groups excluding carboxylic acids is 2. The molecule has 3 aromatic rings. The van der Waals surface area contributed by atoms with Crippen LogP contribution in [0.2, 0.25) is 0 Å². The summed E-state index contributed by atoms with van der Waals surface area (Å²) in [5.41, 5.74) is 0.870. The molecule has 12 heteroatoms. The first kappa shape index (κ1) is 25.8. The molecule has 38 heavy (non-hydrogen) atoms. The third-order valence-electron chi connectivity index (χ3n) is 6.56. The summed E-state index contributed by atoms with van der Waals surface area (Å²) in [4.78, 5) is 39.1. The molecule has 0 fully saturated rings. The zero-order valence-electron chi connectivity index (χ0n) is 20.2. The molecule has 0 unspecified atom stereocenters. The Hall–Kier alpha value is -3.80. The number of thioether (sulfide) groups is 1. The number of esters is 1. The number of hydrogen-bond donors (Lipinski definition) is 0. The molecule has 5 rings (SSSR count). The number of amides is 1. The van der Waals surface area contributed by atoms with Gasteiger partial charge in [0, 0.05) is 29.8 Å². The summed E-state index contributed by atoms with van der Waals surface area (Å²) < 4.78 is 62.3. The molecular formula is C26H21F4N3O4S. The van der Waals surface area contributed by atoms with Crippen LogP contribution in [0.4, 0.5) is 17.6 Å². The highest BCUT2D eigenvalue weighted by Gasteiger charge is 2.48. The number of rotatable bonds is 3. The molecule has 0 bridgehead atoms. The van der Waals surface area contributed by atoms with Crippen molar-refractivity contribution in [3.05, 3.63) is 93.2 Å². The zero-order valence-corrected chi connectivity index (χ0v) is 21.0. The van der Waals surface area contributed by atoms with Gasteiger partial charge in [0.05, 0.1) is 6.04 Å². The number of fused-ring (bicyclic) bond motifs is 3. The van der Waals surface area contributed by atoms with E-state index in [4.69, 9.17) is 4.74 Å². The molecule has 7 nitrogen and oxygen atoms in total. The Balaban J connectivity index is 1.80. The molecule has 0 aliphatic carbocycles. The van der Waals surface area contributed by atoms with Gasteiger partial charge < -0.3 is 9.64 Å². The molecule has 1 amide bonds. The van der Waals surface area contributed by atoms with Gasteiger partial charge in [0.2, 0.25) is 11.2 Å². The van der Waals surface area contributed by atoms with Crippen LogP contribution in [0.15, 0.2) is 64.4 Å². The summed E-state index contributed by atoms with van der Waals surface area (Å²) in [5, 5.41) is 1.49. The van der Waals surface area contributed by atoms with E-state index < -0.39 is 59.5 Å². The normalized spacial score (nSPS) is 17.7. The fraction of sp³-hybridized carbons (Fsp3) is 0.269. The van der Waals surface area contributed by atoms with Crippen LogP contribution in [0.25, 0.3) is 0 Å². The van der Waals surface area contributed by atoms with Crippen LogP contribution >= 0.6 is 11.8 Å². The van der Waals surface area contributed by atoms with Gasteiger partial charge in [-0.15, -0.1) is 11.8 Å². The van der Waals surface area contributed by atoms with Crippen molar-refractivity contribution in [3.8, 4) is 5.75 Å². The second-order valence-corrected chi connectivity index (χ2v) is 9.96. The van der Waals surface area contributed by atoms with E-state index in [1.807, 2.05) is 18.2 Å². The van der Waals surface area contributed by atoms with Crippen LogP contribution in [-0.4, -0.2) is 40.3 Å². The summed E-state index contributed by atoms with van der Waals surface area (Å²) in [6, 6.07) is 9.57. The average molecular weight is 548 g/mol. The Morgan fingerprint density at radius 1 is 1.11 bits per heavy atom. The Kier molecular flexibility index (Phi) is 6.46. The van der Waals surface area contributed by atoms with Crippen LogP contribution < -0.4 is 15.2 Å². The maximum Gasteiger partial charge on any atom is 0.408 e. The Labute approximate surface area is 218 Å². The van der Waals surface area contributed by atoms with Gasteiger partial charge in [0.15, 0.2) is 5.69 Å². The molecule has 2 aromatic carbocycles. The monoisotopic (exact) mass is 547 g/mol. The topological polar surface area (TPSA) is 71.8 Å². The Morgan fingerprint density at radius 3 is 2.55 bits per heavy atom. The highest BCUT2D eigenvalue weighted by atomic mass is 32.2. The molecule has 0 saturated carbocycles. The van der Waals surface area contributed by atoms with E-state index in [1.54, 1.807) is 12.1 Å². The third kappa shape index (κ3) is 4.42. The first-order valence-corrected chi connectivity index (χ1v) is 12.5. The lowest BCUT2D eigenvalue weighted by Crippen LogP contribution is -2.60. The van der Waals surface area contributed by atoms with Crippen LogP contribution in [0.5, 0.6) is 5.75 Å². The fourth-order valence-electron chi connectivity index (χ4n) is 4.70. The zero-order chi connectivity index (χ0) is 27.4. The van der Waals surface area contributed by atoms with Gasteiger partial charge in [-0.2, -0.15) is 13.2 Å². The first-order valence-electron chi connectivity index (χ1n) is 11.6. The van der Waals surface area contributed by atoms with Crippen molar-refractivity contribution in [2.75, 3.05) is 11.7 Å². The predicted octanol–water partition coefficient (Wildman–Crippen LogP) is 4.61. The highest BCUT2D eigenvalue weighted by Crippen LogP contribution is 2.43. The van der Waals surface area contributed by atoms with Gasteiger partial charge in [-0.25, -0.2) is 4.39 Å². The van der Waals surface area contributed by atoms with E-state index in [1.165, 1.54) is 39.8 Å². The van der Waals surface area contributed by atoms with E-state index >= 15 is 0 Å². The van der Waals surface area contributed by atoms with Crippen molar-refractivity contribution in [1.82, 2.24) is 9.58 Å². The van der Waals surface area contributed by atoms with Crippen LogP contribution in [0.3, 0.4) is 0 Å². The second kappa shape index (κ2) is 9.50. The lowest BCUT2D eigenvalue weighted by atomic mass is 9.94. The summed E-state index contributed by atoms with van der Waals surface area (Å²) >= 11 is 1.39. The number of hydrogen-bond acceptors (Lipinski definition) is 6. The molecule has 0 spiro atoms. The number of carbonyl (C=O) groups is 2. The Morgan fingerprint density at radius 2 is 1.84 bits per heavy atom. The molecule has 2 aliphatic heterocycles. The minimum Gasteiger partial charge on any atom is -0.420 e. The van der Waals surface area contributed by atoms with Gasteiger partial charge in [-0.1, -0.05) is 30.3 Å². The SMILES string of the molecule is CC(=O)Oc1c2n(ccc1=O)N([C@@H]1c3ccccc3CSc3cc(F)ccc31)CN([C@@H](C)C(F)(F)F)C2=O. The largest absolute Gasteiger partial charge is 0.420 e. The predicted molar refractivity (Wildman–Crippen MR) is 131 cm³/mol. The molecule has 2 aliphatic rings. The van der Waals surface area contributed by atoms with Gasteiger partial charge in [0.25, 0.3) is 5.91 Å². The van der Waals surface area contributed by atoms with E-state index in [9.17, 15) is 31.9 Å². The number of aromatic nitrogens is 1. The van der Waals surface area contributed by atoms with E-state index in [0.717, 1.165) is 31.0 Å². The van der Waals surface area contributed by atoms with E-state index in [0.29, 0.717) is 21.1 Å². The van der Waals surface area contributed by atoms with Crippen molar-refractivity contribution in [2.45, 2.75) is 42.8 Å². The molecule has 198 valence electrons. The quantitative estimate of drug-likeness (QED) is 0.353. The minimum atomic E-state index is -4.78. The number of ether oxygens (including phenoxy) is 1. The maximum absolute atomic E-state index is 14.2. The molecule has 0 saturated heterocycles. The first-order chi connectivity index (χ1) is 18.0. The van der Waals surface area contributed by atoms with Crippen molar-refractivity contribution in [3.63, 3.8) is 0 Å². The summed E-state index contributed by atoms with van der Waals surface area (Å²) in [6.07, 6.45) is -3.51. The summed E-state index contributed by atoms with van der Waals surface area (Å²) in [6.45, 7) is 1.35. The van der Waals surface area contributed by atoms with Gasteiger partial charge in [-0.05, 0) is 35.7 Å². The lowest BCUT2D eigenvalue weighted by molar-refractivity contribution is -0.173. The molecule has 1 aromatic heterocycles. The van der Waals surface area contributed by atoms with Crippen LogP contribution in [0.1, 0.15) is 47.1 Å². The van der Waals surface area contributed by atoms with Gasteiger partial charge >= 0.3 is 12.1 Å². The number of benzene rings is 2. The third-order valence-corrected chi connectivity index (χ3v) is 7.68. The van der Waals surface area contributed by atoms with Crippen molar-refractivity contribution in [2.24, 2.45) is 0 Å². The number of nitrogens with zero attached hydrogens (tertiary/aromatic N) is 3. The van der Waals surface area contributed by atoms with Crippen molar-refractivity contribution in [1.29, 1.82) is 0 Å². The van der Waals surface area contributed by atoms with Crippen LogP contribution in [-0.2, 0) is 10.5 Å². The maximum atomic E-state index is 14.2. The fourth-order valence-corrected chi connectivity index (χ4v) is 5.82. The highest BCUT2D eigenvalue weighted by molar-refractivity contribution is 7.98. The average Bonchev–Trinajstić information content (AvgIpc) is 3.01. The number of pyridine rings is 1. The molecular weight excluding hydrogens is 526 g/mol.